The summed E-state index contributed by atoms with van der Waals surface area (Å²) >= 11 is 0. The Morgan fingerprint density at radius 3 is 2.11 bits per heavy atom. The molecule has 0 saturated carbocycles. The van der Waals surface area contributed by atoms with Gasteiger partial charge in [-0.15, -0.1) is 0 Å². The molecule has 0 aliphatic heterocycles. The van der Waals surface area contributed by atoms with E-state index < -0.39 is 16.1 Å². The van der Waals surface area contributed by atoms with Crippen LogP contribution in [0.4, 0.5) is 11.6 Å². The first-order valence-corrected chi connectivity index (χ1v) is 13.6. The molecule has 0 bridgehead atoms. The Balaban J connectivity index is 1.36. The minimum absolute atomic E-state index is 0.0202. The number of nitrogens with one attached hydrogen (secondary N) is 2. The first-order valence-electron chi connectivity index (χ1n) is 12.2. The highest BCUT2D eigenvalue weighted by Gasteiger charge is 2.23. The molecule has 0 aliphatic rings. The van der Waals surface area contributed by atoms with Crippen molar-refractivity contribution in [3.63, 3.8) is 0 Å². The predicted octanol–water partition coefficient (Wildman–Crippen LogP) is 5.82. The Morgan fingerprint density at radius 1 is 0.921 bits per heavy atom. The van der Waals surface area contributed by atoms with Crippen molar-refractivity contribution in [2.75, 3.05) is 10.0 Å². The van der Waals surface area contributed by atoms with E-state index in [1.165, 1.54) is 29.8 Å². The van der Waals surface area contributed by atoms with Crippen LogP contribution in [0, 0.1) is 13.8 Å². The molecular weight excluding hydrogens is 502 g/mol. The summed E-state index contributed by atoms with van der Waals surface area (Å²) in [5.74, 6) is 0.286. The van der Waals surface area contributed by atoms with Crippen LogP contribution >= 0.6 is 0 Å². The second-order valence-electron chi connectivity index (χ2n) is 9.62. The van der Waals surface area contributed by atoms with Gasteiger partial charge in [0.15, 0.2) is 6.10 Å². The number of carbonyl (C=O) groups is 1. The second kappa shape index (κ2) is 10.7. The molecule has 8 nitrogen and oxygen atoms in total. The lowest BCUT2D eigenvalue weighted by molar-refractivity contribution is -0.122. The number of hydrogen-bond donors (Lipinski definition) is 2. The van der Waals surface area contributed by atoms with Gasteiger partial charge in [-0.2, -0.15) is 0 Å². The van der Waals surface area contributed by atoms with Crippen molar-refractivity contribution in [3.05, 3.63) is 101 Å². The summed E-state index contributed by atoms with van der Waals surface area (Å²) < 4.78 is 38.6. The molecule has 2 N–H and O–H groups in total. The third-order valence-corrected chi connectivity index (χ3v) is 7.92. The number of anilines is 2. The van der Waals surface area contributed by atoms with Gasteiger partial charge in [0.2, 0.25) is 5.88 Å². The molecule has 0 aliphatic carbocycles. The summed E-state index contributed by atoms with van der Waals surface area (Å²) in [5, 5.41) is 6.51. The van der Waals surface area contributed by atoms with E-state index in [0.29, 0.717) is 22.7 Å². The maximum atomic E-state index is 12.7. The van der Waals surface area contributed by atoms with Crippen LogP contribution < -0.4 is 14.8 Å². The van der Waals surface area contributed by atoms with E-state index in [2.05, 4.69) is 41.2 Å². The first kappa shape index (κ1) is 26.9. The maximum absolute atomic E-state index is 12.7. The normalized spacial score (nSPS) is 12.6. The summed E-state index contributed by atoms with van der Waals surface area (Å²) in [4.78, 5) is 12.7. The number of aromatic nitrogens is 1. The number of amides is 1. The van der Waals surface area contributed by atoms with Crippen molar-refractivity contribution in [2.45, 2.75) is 51.0 Å². The summed E-state index contributed by atoms with van der Waals surface area (Å²) in [6, 6.07) is 23.8. The molecule has 1 heterocycles. The van der Waals surface area contributed by atoms with Gasteiger partial charge < -0.3 is 14.6 Å². The SMILES string of the molecule is Cc1noc(NS(=O)(=O)c2ccc(NC(=O)C(C)Oc3ccc(C(C)(C)c4ccccc4)cc3)cc2)c1C. The van der Waals surface area contributed by atoms with E-state index in [4.69, 9.17) is 9.26 Å². The fourth-order valence-corrected chi connectivity index (χ4v) is 4.93. The zero-order valence-corrected chi connectivity index (χ0v) is 22.8. The average molecular weight is 534 g/mol. The van der Waals surface area contributed by atoms with Crippen molar-refractivity contribution < 1.29 is 22.5 Å². The van der Waals surface area contributed by atoms with Crippen LogP contribution in [0.1, 0.15) is 43.2 Å². The lowest BCUT2D eigenvalue weighted by Crippen LogP contribution is -2.30. The van der Waals surface area contributed by atoms with Gasteiger partial charge in [-0.1, -0.05) is 61.5 Å². The molecule has 1 aromatic heterocycles. The van der Waals surface area contributed by atoms with Crippen molar-refractivity contribution in [1.29, 1.82) is 0 Å². The molecule has 4 aromatic rings. The van der Waals surface area contributed by atoms with Crippen LogP contribution in [0.15, 0.2) is 88.3 Å². The summed E-state index contributed by atoms with van der Waals surface area (Å²) in [6.07, 6.45) is -0.772. The van der Waals surface area contributed by atoms with E-state index in [1.54, 1.807) is 20.8 Å². The number of hydrogen-bond acceptors (Lipinski definition) is 6. The van der Waals surface area contributed by atoms with E-state index in [-0.39, 0.29) is 22.1 Å². The van der Waals surface area contributed by atoms with Gasteiger partial charge >= 0.3 is 0 Å². The standard InChI is InChI=1S/C29H31N3O5S/c1-19-20(2)31-37-28(19)32-38(34,35)26-17-13-24(14-18-26)30-27(33)21(3)36-25-15-11-23(12-16-25)29(4,5)22-9-7-6-8-10-22/h6-18,21,32H,1-5H3,(H,30,33). The van der Waals surface area contributed by atoms with E-state index >= 15 is 0 Å². The van der Waals surface area contributed by atoms with E-state index in [0.717, 1.165) is 5.56 Å². The molecule has 1 amide bonds. The average Bonchev–Trinajstić information content (AvgIpc) is 3.21. The van der Waals surface area contributed by atoms with Crippen LogP contribution in [0.3, 0.4) is 0 Å². The second-order valence-corrected chi connectivity index (χ2v) is 11.3. The molecule has 198 valence electrons. The summed E-state index contributed by atoms with van der Waals surface area (Å²) in [5.41, 5.74) is 3.82. The number of rotatable bonds is 9. The molecule has 3 aromatic carbocycles. The molecule has 1 unspecified atom stereocenters. The van der Waals surface area contributed by atoms with Gasteiger partial charge in [0.05, 0.1) is 10.6 Å². The zero-order chi connectivity index (χ0) is 27.5. The van der Waals surface area contributed by atoms with Gasteiger partial charge in [0, 0.05) is 16.7 Å². The van der Waals surface area contributed by atoms with Crippen molar-refractivity contribution >= 4 is 27.5 Å². The van der Waals surface area contributed by atoms with Crippen LogP contribution in [0.5, 0.6) is 5.75 Å². The molecule has 0 saturated heterocycles. The van der Waals surface area contributed by atoms with E-state index in [9.17, 15) is 13.2 Å². The van der Waals surface area contributed by atoms with Gasteiger partial charge in [-0.25, -0.2) is 13.1 Å². The van der Waals surface area contributed by atoms with Gasteiger partial charge in [-0.3, -0.25) is 4.79 Å². The Morgan fingerprint density at radius 2 is 1.53 bits per heavy atom. The number of aryl methyl sites for hydroxylation is 1. The highest BCUT2D eigenvalue weighted by atomic mass is 32.2. The Hall–Kier alpha value is -4.11. The van der Waals surface area contributed by atoms with Gasteiger partial charge in [-0.05, 0) is 68.3 Å². The van der Waals surface area contributed by atoms with Gasteiger partial charge in [0.25, 0.3) is 15.9 Å². The monoisotopic (exact) mass is 533 g/mol. The molecular formula is C29H31N3O5S. The lowest BCUT2D eigenvalue weighted by Gasteiger charge is -2.26. The van der Waals surface area contributed by atoms with E-state index in [1.807, 2.05) is 42.5 Å². The van der Waals surface area contributed by atoms with Crippen molar-refractivity contribution in [1.82, 2.24) is 5.16 Å². The van der Waals surface area contributed by atoms with Crippen molar-refractivity contribution in [2.24, 2.45) is 0 Å². The Bertz CT molecular complexity index is 1510. The highest BCUT2D eigenvalue weighted by molar-refractivity contribution is 7.92. The Labute approximate surface area is 223 Å². The quantitative estimate of drug-likeness (QED) is 0.280. The molecule has 1 atom stereocenters. The third kappa shape index (κ3) is 5.89. The van der Waals surface area contributed by atoms with Crippen LogP contribution in [-0.2, 0) is 20.2 Å². The largest absolute Gasteiger partial charge is 0.481 e. The lowest BCUT2D eigenvalue weighted by atomic mass is 9.78. The zero-order valence-electron chi connectivity index (χ0n) is 22.0. The number of sulfonamides is 1. The fourth-order valence-electron chi connectivity index (χ4n) is 3.88. The predicted molar refractivity (Wildman–Crippen MR) is 147 cm³/mol. The fraction of sp³-hybridized carbons (Fsp3) is 0.241. The molecule has 0 spiro atoms. The Kier molecular flexibility index (Phi) is 7.59. The highest BCUT2D eigenvalue weighted by Crippen LogP contribution is 2.32. The smallest absolute Gasteiger partial charge is 0.265 e. The molecule has 0 fully saturated rings. The summed E-state index contributed by atoms with van der Waals surface area (Å²) in [6.45, 7) is 9.42. The molecule has 0 radical (unpaired) electrons. The summed E-state index contributed by atoms with van der Waals surface area (Å²) in [7, 11) is -3.88. The first-order chi connectivity index (χ1) is 18.0. The minimum Gasteiger partial charge on any atom is -0.481 e. The van der Waals surface area contributed by atoms with Crippen molar-refractivity contribution in [3.8, 4) is 5.75 Å². The number of nitrogens with zero attached hydrogens (tertiary/aromatic N) is 1. The maximum Gasteiger partial charge on any atom is 0.265 e. The van der Waals surface area contributed by atoms with Gasteiger partial charge in [0.1, 0.15) is 5.75 Å². The van der Waals surface area contributed by atoms with Crippen LogP contribution in [0.25, 0.3) is 0 Å². The topological polar surface area (TPSA) is 111 Å². The van der Waals surface area contributed by atoms with Crippen LogP contribution in [0.2, 0.25) is 0 Å². The number of carbonyl (C=O) groups excluding carboxylic acids is 1. The molecule has 9 heteroatoms. The number of ether oxygens (including phenoxy) is 1. The van der Waals surface area contributed by atoms with Crippen LogP contribution in [-0.4, -0.2) is 25.6 Å². The molecule has 4 rings (SSSR count). The third-order valence-electron chi connectivity index (χ3n) is 6.57. The molecule has 38 heavy (non-hydrogen) atoms. The number of benzene rings is 3. The minimum atomic E-state index is -3.88.